The van der Waals surface area contributed by atoms with E-state index in [0.29, 0.717) is 11.5 Å². The Morgan fingerprint density at radius 1 is 1.50 bits per heavy atom. The van der Waals surface area contributed by atoms with Crippen LogP contribution in [0, 0.1) is 5.41 Å². The smallest absolute Gasteiger partial charge is 0.0467 e. The van der Waals surface area contributed by atoms with Crippen LogP contribution in [0.3, 0.4) is 0 Å². The summed E-state index contributed by atoms with van der Waals surface area (Å²) < 4.78 is 5.19. The number of thiophene rings is 1. The quantitative estimate of drug-likeness (QED) is 0.847. The van der Waals surface area contributed by atoms with Gasteiger partial charge in [-0.25, -0.2) is 0 Å². The van der Waals surface area contributed by atoms with E-state index in [4.69, 9.17) is 4.74 Å². The highest BCUT2D eigenvalue weighted by Crippen LogP contribution is 2.34. The fourth-order valence-corrected chi connectivity index (χ4v) is 3.55. The van der Waals surface area contributed by atoms with E-state index < -0.39 is 0 Å². The molecule has 0 aliphatic heterocycles. The third-order valence-electron chi connectivity index (χ3n) is 3.86. The zero-order valence-corrected chi connectivity index (χ0v) is 12.6. The highest BCUT2D eigenvalue weighted by Gasteiger charge is 2.24. The number of hydrogen-bond acceptors (Lipinski definition) is 3. The van der Waals surface area contributed by atoms with E-state index in [1.807, 2.05) is 11.3 Å². The molecule has 1 unspecified atom stereocenters. The largest absolute Gasteiger partial charge is 0.385 e. The maximum absolute atomic E-state index is 5.19. The molecule has 2 nitrogen and oxygen atoms in total. The molecule has 0 radical (unpaired) electrons. The second-order valence-corrected chi connectivity index (χ2v) is 7.03. The first-order chi connectivity index (χ1) is 8.62. The molecule has 1 aromatic rings. The maximum Gasteiger partial charge on any atom is 0.0467 e. The molecule has 18 heavy (non-hydrogen) atoms. The average molecular weight is 267 g/mol. The van der Waals surface area contributed by atoms with E-state index in [-0.39, 0.29) is 0 Å². The van der Waals surface area contributed by atoms with Crippen molar-refractivity contribution in [1.29, 1.82) is 0 Å². The molecule has 1 aliphatic rings. The van der Waals surface area contributed by atoms with Gasteiger partial charge in [0.25, 0.3) is 0 Å². The number of methoxy groups -OCH3 is 1. The molecular weight excluding hydrogens is 242 g/mol. The van der Waals surface area contributed by atoms with Gasteiger partial charge >= 0.3 is 0 Å². The zero-order valence-electron chi connectivity index (χ0n) is 11.8. The van der Waals surface area contributed by atoms with E-state index >= 15 is 0 Å². The number of aryl methyl sites for hydroxylation is 1. The summed E-state index contributed by atoms with van der Waals surface area (Å²) in [4.78, 5) is 1.59. The minimum absolute atomic E-state index is 0.309. The molecule has 0 spiro atoms. The van der Waals surface area contributed by atoms with Gasteiger partial charge in [0.2, 0.25) is 0 Å². The van der Waals surface area contributed by atoms with Crippen molar-refractivity contribution in [2.24, 2.45) is 5.41 Å². The van der Waals surface area contributed by atoms with Gasteiger partial charge in [-0.3, -0.25) is 0 Å². The van der Waals surface area contributed by atoms with Gasteiger partial charge in [-0.2, -0.15) is 0 Å². The summed E-state index contributed by atoms with van der Waals surface area (Å²) in [6.07, 6.45) is 4.99. The molecule has 1 atom stereocenters. The van der Waals surface area contributed by atoms with Crippen molar-refractivity contribution in [2.75, 3.05) is 20.3 Å². The highest BCUT2D eigenvalue weighted by molar-refractivity contribution is 7.10. The van der Waals surface area contributed by atoms with E-state index in [0.717, 1.165) is 19.6 Å². The van der Waals surface area contributed by atoms with Crippen molar-refractivity contribution in [2.45, 2.75) is 45.6 Å². The van der Waals surface area contributed by atoms with Gasteiger partial charge in [0.05, 0.1) is 0 Å². The van der Waals surface area contributed by atoms with Crippen molar-refractivity contribution in [3.8, 4) is 0 Å². The Kier molecular flexibility index (Phi) is 4.82. The van der Waals surface area contributed by atoms with Crippen molar-refractivity contribution in [1.82, 2.24) is 5.32 Å². The summed E-state index contributed by atoms with van der Waals surface area (Å²) in [5.41, 5.74) is 1.86. The van der Waals surface area contributed by atoms with Crippen molar-refractivity contribution in [3.05, 3.63) is 21.9 Å². The van der Waals surface area contributed by atoms with Crippen LogP contribution < -0.4 is 5.32 Å². The third kappa shape index (κ3) is 3.56. The Morgan fingerprint density at radius 2 is 2.33 bits per heavy atom. The fourth-order valence-electron chi connectivity index (χ4n) is 2.56. The lowest BCUT2D eigenvalue weighted by Crippen LogP contribution is -2.34. The van der Waals surface area contributed by atoms with Gasteiger partial charge in [0.1, 0.15) is 0 Å². The van der Waals surface area contributed by atoms with Crippen LogP contribution in [0.1, 0.15) is 49.6 Å². The standard InChI is InChI=1S/C15H25NOS/c1-15(2,8-9-17-3)11-16-13-5-4-6-14-12(13)7-10-18-14/h7,10,13,16H,4-6,8-9,11H2,1-3H3. The van der Waals surface area contributed by atoms with Gasteiger partial charge in [-0.1, -0.05) is 13.8 Å². The first-order valence-electron chi connectivity index (χ1n) is 6.91. The number of rotatable bonds is 6. The molecule has 1 N–H and O–H groups in total. The Bertz CT molecular complexity index is 372. The SMILES string of the molecule is COCCC(C)(C)CNC1CCCc2sccc21. The predicted octanol–water partition coefficient (Wildman–Crippen LogP) is 3.78. The Balaban J connectivity index is 1.88. The molecule has 0 saturated carbocycles. The molecule has 1 aliphatic carbocycles. The number of fused-ring (bicyclic) bond motifs is 1. The summed E-state index contributed by atoms with van der Waals surface area (Å²) >= 11 is 1.92. The molecule has 0 saturated heterocycles. The lowest BCUT2D eigenvalue weighted by atomic mass is 9.87. The first-order valence-corrected chi connectivity index (χ1v) is 7.79. The fraction of sp³-hybridized carbons (Fsp3) is 0.733. The van der Waals surface area contributed by atoms with Crippen LogP contribution in [-0.2, 0) is 11.2 Å². The molecule has 2 rings (SSSR count). The van der Waals surface area contributed by atoms with E-state index in [9.17, 15) is 0 Å². The summed E-state index contributed by atoms with van der Waals surface area (Å²) in [5.74, 6) is 0. The van der Waals surface area contributed by atoms with E-state index in [1.54, 1.807) is 17.6 Å². The normalized spacial score (nSPS) is 19.8. The second-order valence-electron chi connectivity index (χ2n) is 6.03. The molecule has 0 bridgehead atoms. The highest BCUT2D eigenvalue weighted by atomic mass is 32.1. The number of nitrogens with one attached hydrogen (secondary N) is 1. The minimum Gasteiger partial charge on any atom is -0.385 e. The molecule has 0 amide bonds. The zero-order chi connectivity index (χ0) is 13.0. The minimum atomic E-state index is 0.309. The molecule has 1 heterocycles. The molecule has 1 aromatic heterocycles. The van der Waals surface area contributed by atoms with Gasteiger partial charge in [-0.05, 0) is 48.1 Å². The van der Waals surface area contributed by atoms with Crippen LogP contribution >= 0.6 is 11.3 Å². The third-order valence-corrected chi connectivity index (χ3v) is 4.86. The molecular formula is C15H25NOS. The van der Waals surface area contributed by atoms with Crippen LogP contribution in [0.15, 0.2) is 11.4 Å². The van der Waals surface area contributed by atoms with E-state index in [2.05, 4.69) is 30.6 Å². The van der Waals surface area contributed by atoms with Crippen LogP contribution in [0.5, 0.6) is 0 Å². The van der Waals surface area contributed by atoms with Crippen LogP contribution in [-0.4, -0.2) is 20.3 Å². The van der Waals surface area contributed by atoms with Crippen molar-refractivity contribution in [3.63, 3.8) is 0 Å². The number of hydrogen-bond donors (Lipinski definition) is 1. The Morgan fingerprint density at radius 3 is 3.11 bits per heavy atom. The summed E-state index contributed by atoms with van der Waals surface area (Å²) in [6, 6.07) is 2.88. The Labute approximate surface area is 115 Å². The van der Waals surface area contributed by atoms with E-state index in [1.165, 1.54) is 19.3 Å². The topological polar surface area (TPSA) is 21.3 Å². The molecule has 0 aromatic carbocycles. The van der Waals surface area contributed by atoms with Gasteiger partial charge in [-0.15, -0.1) is 11.3 Å². The van der Waals surface area contributed by atoms with Crippen LogP contribution in [0.2, 0.25) is 0 Å². The average Bonchev–Trinajstić information content (AvgIpc) is 2.82. The number of ether oxygens (including phenoxy) is 1. The summed E-state index contributed by atoms with van der Waals surface area (Å²) in [6.45, 7) is 6.55. The molecule has 3 heteroatoms. The molecule has 102 valence electrons. The lowest BCUT2D eigenvalue weighted by molar-refractivity contribution is 0.148. The van der Waals surface area contributed by atoms with Crippen molar-refractivity contribution < 1.29 is 4.74 Å². The molecule has 0 fully saturated rings. The Hall–Kier alpha value is -0.380. The first kappa shape index (κ1) is 14.0. The van der Waals surface area contributed by atoms with Gasteiger partial charge in [0.15, 0.2) is 0 Å². The second kappa shape index (κ2) is 6.18. The van der Waals surface area contributed by atoms with Crippen molar-refractivity contribution >= 4 is 11.3 Å². The monoisotopic (exact) mass is 267 g/mol. The predicted molar refractivity (Wildman–Crippen MR) is 78.3 cm³/mol. The van der Waals surface area contributed by atoms with Crippen LogP contribution in [0.4, 0.5) is 0 Å². The van der Waals surface area contributed by atoms with Gasteiger partial charge in [0, 0.05) is 31.2 Å². The van der Waals surface area contributed by atoms with Crippen LogP contribution in [0.25, 0.3) is 0 Å². The van der Waals surface area contributed by atoms with Gasteiger partial charge < -0.3 is 10.1 Å². The lowest BCUT2D eigenvalue weighted by Gasteiger charge is -2.30. The maximum atomic E-state index is 5.19. The summed E-state index contributed by atoms with van der Waals surface area (Å²) in [7, 11) is 1.78. The summed E-state index contributed by atoms with van der Waals surface area (Å²) in [5, 5.41) is 6.00.